The van der Waals surface area contributed by atoms with E-state index < -0.39 is 19.8 Å². The Hall–Kier alpha value is 0.130. The van der Waals surface area contributed by atoms with Gasteiger partial charge in [-0.25, -0.2) is 4.57 Å². The van der Waals surface area contributed by atoms with Crippen LogP contribution >= 0.6 is 7.82 Å². The van der Waals surface area contributed by atoms with Gasteiger partial charge in [-0.15, -0.1) is 0 Å². The summed E-state index contributed by atoms with van der Waals surface area (Å²) in [5, 5.41) is 0. The second-order valence-corrected chi connectivity index (χ2v) is 12.6. The fourth-order valence-corrected chi connectivity index (χ4v) is 5.65. The van der Waals surface area contributed by atoms with E-state index in [1.54, 1.807) is 0 Å². The van der Waals surface area contributed by atoms with Crippen molar-refractivity contribution in [3.63, 3.8) is 0 Å². The predicted molar refractivity (Wildman–Crippen MR) is 160 cm³/mol. The number of carbonyl (C=O) groups excluding carboxylic acids is 2. The Morgan fingerprint density at radius 2 is 0.650 bits per heavy atom. The molecule has 0 heterocycles. The van der Waals surface area contributed by atoms with Crippen molar-refractivity contribution in [1.82, 2.24) is 0 Å². The van der Waals surface area contributed by atoms with Gasteiger partial charge in [-0.3, -0.25) is 9.59 Å². The first-order chi connectivity index (χ1) is 18.9. The van der Waals surface area contributed by atoms with Crippen LogP contribution in [0.5, 0.6) is 0 Å². The summed E-state index contributed by atoms with van der Waals surface area (Å²) in [4.78, 5) is 35.5. The quantitative estimate of drug-likeness (QED) is 0.0484. The van der Waals surface area contributed by atoms with E-state index in [1.807, 2.05) is 0 Å². The Kier molecular flexibility index (Phi) is 33.9. The minimum Gasteiger partial charge on any atom is -0.736 e. The minimum absolute atomic E-state index is 0. The number of phosphoric ester groups is 1. The van der Waals surface area contributed by atoms with Gasteiger partial charge in [-0.2, -0.15) is 0 Å². The molecule has 0 radical (unpaired) electrons. The van der Waals surface area contributed by atoms with Crippen molar-refractivity contribution in [3.05, 3.63) is 0 Å². The van der Waals surface area contributed by atoms with E-state index in [9.17, 15) is 19.0 Å². The van der Waals surface area contributed by atoms with Crippen LogP contribution in [-0.4, -0.2) is 11.9 Å². The first-order valence-electron chi connectivity index (χ1n) is 16.7. The molecule has 0 amide bonds. The molecule has 0 aliphatic heterocycles. The van der Waals surface area contributed by atoms with Crippen LogP contribution in [-0.2, 0) is 23.2 Å². The van der Waals surface area contributed by atoms with Crippen molar-refractivity contribution < 1.29 is 57.7 Å². The molecule has 0 saturated heterocycles. The van der Waals surface area contributed by atoms with Crippen molar-refractivity contribution in [2.75, 3.05) is 0 Å². The molecule has 0 rings (SSSR count). The van der Waals surface area contributed by atoms with E-state index in [2.05, 4.69) is 22.9 Å². The third-order valence-corrected chi connectivity index (χ3v) is 8.25. The van der Waals surface area contributed by atoms with Crippen LogP contribution in [0.3, 0.4) is 0 Å². The second-order valence-electron chi connectivity index (χ2n) is 11.4. The van der Waals surface area contributed by atoms with Gasteiger partial charge in [-0.1, -0.05) is 168 Å². The van der Waals surface area contributed by atoms with Gasteiger partial charge in [0.2, 0.25) is 0 Å². The Balaban J connectivity index is 0. The van der Waals surface area contributed by atoms with Crippen molar-refractivity contribution >= 4 is 19.8 Å². The van der Waals surface area contributed by atoms with Crippen molar-refractivity contribution in [3.8, 4) is 0 Å². The molecular weight excluding hydrogens is 534 g/mol. The molecule has 0 aromatic carbocycles. The number of carbonyl (C=O) groups is 2. The molecule has 232 valence electrons. The summed E-state index contributed by atoms with van der Waals surface area (Å²) < 4.78 is 20.8. The zero-order valence-electron chi connectivity index (χ0n) is 26.7. The second kappa shape index (κ2) is 32.1. The van der Waals surface area contributed by atoms with Crippen molar-refractivity contribution in [2.45, 2.75) is 194 Å². The Bertz CT molecular complexity index is 568. The molecule has 0 atom stereocenters. The average molecular weight is 597 g/mol. The van der Waals surface area contributed by atoms with Gasteiger partial charge >= 0.3 is 49.3 Å². The summed E-state index contributed by atoms with van der Waals surface area (Å²) in [5.41, 5.74) is 0. The van der Waals surface area contributed by atoms with Gasteiger partial charge in [-0.05, 0) is 12.8 Å². The van der Waals surface area contributed by atoms with Crippen LogP contribution in [0.25, 0.3) is 0 Å². The SMILES string of the molecule is CCCCCCCCCCCCCCCC(=O)OP(=O)([O-])OC(=O)CCCCCCCCCCCCCCC.[Na+]. The van der Waals surface area contributed by atoms with E-state index in [0.29, 0.717) is 12.8 Å². The van der Waals surface area contributed by atoms with Crippen LogP contribution in [0.2, 0.25) is 0 Å². The number of phosphoric acid groups is 1. The predicted octanol–water partition coefficient (Wildman–Crippen LogP) is 7.51. The van der Waals surface area contributed by atoms with E-state index in [0.717, 1.165) is 38.5 Å². The zero-order valence-corrected chi connectivity index (χ0v) is 29.6. The van der Waals surface area contributed by atoms with Crippen LogP contribution in [0.4, 0.5) is 0 Å². The van der Waals surface area contributed by atoms with Gasteiger partial charge in [0.15, 0.2) is 0 Å². The third kappa shape index (κ3) is 32.6. The standard InChI is InChI=1S/C32H63O6P.Na/c1-3-5-7-9-11-13-15-17-19-21-23-25-27-29-31(33)37-39(35,36)38-32(34)30-28-26-24-22-20-18-16-14-12-10-8-6-4-2;/h3-30H2,1-2H3,(H,35,36);/q;+1/p-1. The van der Waals surface area contributed by atoms with Crippen LogP contribution < -0.4 is 34.5 Å². The molecule has 0 aromatic rings. The van der Waals surface area contributed by atoms with Crippen LogP contribution in [0, 0.1) is 0 Å². The van der Waals surface area contributed by atoms with Crippen LogP contribution in [0.15, 0.2) is 0 Å². The summed E-state index contributed by atoms with van der Waals surface area (Å²) in [5.74, 6) is -1.68. The monoisotopic (exact) mass is 596 g/mol. The third-order valence-electron chi connectivity index (χ3n) is 7.40. The molecule has 0 aromatic heterocycles. The summed E-state index contributed by atoms with van der Waals surface area (Å²) in [7, 11) is -4.93. The van der Waals surface area contributed by atoms with Gasteiger partial charge in [0, 0.05) is 12.8 Å². The van der Waals surface area contributed by atoms with E-state index in [4.69, 9.17) is 0 Å². The van der Waals surface area contributed by atoms with E-state index >= 15 is 0 Å². The first kappa shape index (κ1) is 42.3. The van der Waals surface area contributed by atoms with Crippen LogP contribution in [0.1, 0.15) is 194 Å². The van der Waals surface area contributed by atoms with E-state index in [-0.39, 0.29) is 42.4 Å². The maximum Gasteiger partial charge on any atom is 1.00 e. The van der Waals surface area contributed by atoms with Gasteiger partial charge in [0.25, 0.3) is 0 Å². The smallest absolute Gasteiger partial charge is 0.736 e. The summed E-state index contributed by atoms with van der Waals surface area (Å²) in [6.07, 6.45) is 31.0. The van der Waals surface area contributed by atoms with Gasteiger partial charge in [0.05, 0.1) is 0 Å². The first-order valence-corrected chi connectivity index (χ1v) is 18.1. The van der Waals surface area contributed by atoms with Gasteiger partial charge in [0.1, 0.15) is 0 Å². The molecule has 6 nitrogen and oxygen atoms in total. The number of rotatable bonds is 30. The molecular formula is C32H62NaO6P. The van der Waals surface area contributed by atoms with E-state index in [1.165, 1.54) is 116 Å². The molecule has 0 unspecified atom stereocenters. The number of hydrogen-bond acceptors (Lipinski definition) is 6. The fourth-order valence-electron chi connectivity index (χ4n) is 4.93. The molecule has 0 N–H and O–H groups in total. The normalized spacial score (nSPS) is 11.3. The molecule has 0 aliphatic carbocycles. The number of unbranched alkanes of at least 4 members (excludes halogenated alkanes) is 24. The molecule has 0 spiro atoms. The summed E-state index contributed by atoms with van der Waals surface area (Å²) in [6, 6.07) is 0. The Morgan fingerprint density at radius 3 is 0.875 bits per heavy atom. The summed E-state index contributed by atoms with van der Waals surface area (Å²) in [6.45, 7) is 4.48. The van der Waals surface area contributed by atoms with Crippen molar-refractivity contribution in [1.29, 1.82) is 0 Å². The minimum atomic E-state index is -4.93. The average Bonchev–Trinajstić information content (AvgIpc) is 2.88. The summed E-state index contributed by atoms with van der Waals surface area (Å²) >= 11 is 0. The Morgan fingerprint density at radius 1 is 0.450 bits per heavy atom. The zero-order chi connectivity index (χ0) is 28.9. The maximum absolute atomic E-state index is 11.9. The number of hydrogen-bond donors (Lipinski definition) is 0. The van der Waals surface area contributed by atoms with Gasteiger partial charge < -0.3 is 13.9 Å². The maximum atomic E-state index is 11.9. The largest absolute Gasteiger partial charge is 1.00 e. The fraction of sp³-hybridized carbons (Fsp3) is 0.938. The molecule has 40 heavy (non-hydrogen) atoms. The topological polar surface area (TPSA) is 92.7 Å². The van der Waals surface area contributed by atoms with Crippen molar-refractivity contribution in [2.24, 2.45) is 0 Å². The molecule has 0 saturated carbocycles. The molecule has 0 fully saturated rings. The molecule has 0 bridgehead atoms. The molecule has 8 heteroatoms. The Labute approximate surface area is 269 Å². The molecule has 0 aliphatic rings.